The average Bonchev–Trinajstić information content (AvgIpc) is 3.07. The summed E-state index contributed by atoms with van der Waals surface area (Å²) in [6.45, 7) is 0. The number of nitrogens with zero attached hydrogens (tertiary/aromatic N) is 3. The summed E-state index contributed by atoms with van der Waals surface area (Å²) in [5.41, 5.74) is 1.33. The van der Waals surface area contributed by atoms with Crippen LogP contribution in [0.3, 0.4) is 0 Å². The van der Waals surface area contributed by atoms with Crippen LogP contribution >= 0.6 is 11.8 Å². The Balaban J connectivity index is 1.55. The van der Waals surface area contributed by atoms with E-state index in [2.05, 4.69) is 20.8 Å². The molecule has 3 aromatic rings. The lowest BCUT2D eigenvalue weighted by molar-refractivity contribution is -0.116. The van der Waals surface area contributed by atoms with Gasteiger partial charge in [0.25, 0.3) is 0 Å². The maximum absolute atomic E-state index is 12.4. The maximum atomic E-state index is 12.4. The van der Waals surface area contributed by atoms with Crippen LogP contribution in [0.15, 0.2) is 59.8 Å². The second-order valence-electron chi connectivity index (χ2n) is 6.09. The van der Waals surface area contributed by atoms with Crippen molar-refractivity contribution in [3.05, 3.63) is 60.4 Å². The molecule has 0 unspecified atom stereocenters. The fraction of sp³-hybridized carbons (Fsp3) is 0.200. The third kappa shape index (κ3) is 5.58. The maximum Gasteiger partial charge on any atom is 0.234 e. The Hall–Kier alpha value is -3.33. The van der Waals surface area contributed by atoms with Crippen molar-refractivity contribution in [2.45, 2.75) is 11.6 Å². The summed E-state index contributed by atoms with van der Waals surface area (Å²) in [6, 6.07) is 16.4. The third-order valence-corrected chi connectivity index (χ3v) is 5.03. The molecule has 0 aliphatic heterocycles. The van der Waals surface area contributed by atoms with E-state index in [0.717, 1.165) is 5.69 Å². The van der Waals surface area contributed by atoms with Crippen LogP contribution in [0.4, 0.5) is 11.4 Å². The zero-order chi connectivity index (χ0) is 20.6. The molecule has 0 radical (unpaired) electrons. The lowest BCUT2D eigenvalue weighted by Crippen LogP contribution is -2.17. The molecule has 29 heavy (non-hydrogen) atoms. The van der Waals surface area contributed by atoms with E-state index in [-0.39, 0.29) is 24.0 Å². The first-order chi connectivity index (χ1) is 14.1. The van der Waals surface area contributed by atoms with E-state index in [1.165, 1.54) is 11.8 Å². The molecule has 0 spiro atoms. The molecule has 150 valence electrons. The van der Waals surface area contributed by atoms with Gasteiger partial charge in [0.15, 0.2) is 5.16 Å². The standard InChI is InChI=1S/C20H21N5O3S/c1-25-17(12-18(26)22-15-10-6-7-11-16(15)28-2)23-24-20(25)29-13-19(27)21-14-8-4-3-5-9-14/h3-11H,12-13H2,1-2H3,(H,21,27)(H,22,26). The number of anilines is 2. The van der Waals surface area contributed by atoms with E-state index in [1.54, 1.807) is 30.9 Å². The van der Waals surface area contributed by atoms with Gasteiger partial charge in [0.05, 0.1) is 25.0 Å². The number of para-hydroxylation sites is 3. The lowest BCUT2D eigenvalue weighted by Gasteiger charge is -2.09. The van der Waals surface area contributed by atoms with E-state index in [9.17, 15) is 9.59 Å². The highest BCUT2D eigenvalue weighted by Crippen LogP contribution is 2.23. The lowest BCUT2D eigenvalue weighted by atomic mass is 10.2. The third-order valence-electron chi connectivity index (χ3n) is 4.01. The van der Waals surface area contributed by atoms with Crippen molar-refractivity contribution < 1.29 is 14.3 Å². The fourth-order valence-electron chi connectivity index (χ4n) is 2.56. The molecule has 0 saturated heterocycles. The van der Waals surface area contributed by atoms with Crippen molar-refractivity contribution >= 4 is 35.0 Å². The van der Waals surface area contributed by atoms with Crippen LogP contribution in [0.25, 0.3) is 0 Å². The van der Waals surface area contributed by atoms with Gasteiger partial charge in [0, 0.05) is 12.7 Å². The van der Waals surface area contributed by atoms with E-state index >= 15 is 0 Å². The molecular formula is C20H21N5O3S. The van der Waals surface area contributed by atoms with Gasteiger partial charge in [-0.15, -0.1) is 10.2 Å². The molecule has 0 saturated carbocycles. The van der Waals surface area contributed by atoms with Crippen LogP contribution in [-0.2, 0) is 23.1 Å². The van der Waals surface area contributed by atoms with E-state index < -0.39 is 0 Å². The van der Waals surface area contributed by atoms with E-state index in [4.69, 9.17) is 4.74 Å². The van der Waals surface area contributed by atoms with Crippen LogP contribution in [0.1, 0.15) is 5.82 Å². The highest BCUT2D eigenvalue weighted by atomic mass is 32.2. The van der Waals surface area contributed by atoms with E-state index in [0.29, 0.717) is 22.4 Å². The van der Waals surface area contributed by atoms with Gasteiger partial charge in [0.1, 0.15) is 11.6 Å². The van der Waals surface area contributed by atoms with Crippen molar-refractivity contribution in [1.82, 2.24) is 14.8 Å². The summed E-state index contributed by atoms with van der Waals surface area (Å²) in [4.78, 5) is 24.4. The van der Waals surface area contributed by atoms with Crippen LogP contribution in [0, 0.1) is 0 Å². The summed E-state index contributed by atoms with van der Waals surface area (Å²) in [5.74, 6) is 0.903. The smallest absolute Gasteiger partial charge is 0.234 e. The highest BCUT2D eigenvalue weighted by Gasteiger charge is 2.15. The number of rotatable bonds is 8. The number of nitrogens with one attached hydrogen (secondary N) is 2. The number of methoxy groups -OCH3 is 1. The van der Waals surface area contributed by atoms with Crippen molar-refractivity contribution in [2.24, 2.45) is 7.05 Å². The van der Waals surface area contributed by atoms with Gasteiger partial charge in [-0.2, -0.15) is 0 Å². The number of ether oxygens (including phenoxy) is 1. The largest absolute Gasteiger partial charge is 0.495 e. The minimum absolute atomic E-state index is 0.0539. The first kappa shape index (κ1) is 20.4. The summed E-state index contributed by atoms with van der Waals surface area (Å²) >= 11 is 1.26. The summed E-state index contributed by atoms with van der Waals surface area (Å²) in [6.07, 6.45) is 0.0539. The molecule has 2 amide bonds. The van der Waals surface area contributed by atoms with Gasteiger partial charge in [0.2, 0.25) is 11.8 Å². The molecule has 0 aliphatic rings. The van der Waals surface area contributed by atoms with Crippen molar-refractivity contribution in [3.8, 4) is 5.75 Å². The molecule has 2 aromatic carbocycles. The zero-order valence-corrected chi connectivity index (χ0v) is 16.9. The highest BCUT2D eigenvalue weighted by molar-refractivity contribution is 7.99. The molecule has 1 aromatic heterocycles. The summed E-state index contributed by atoms with van der Waals surface area (Å²) in [5, 5.41) is 14.3. The Bertz CT molecular complexity index is 991. The predicted molar refractivity (Wildman–Crippen MR) is 112 cm³/mol. The number of hydrogen-bond donors (Lipinski definition) is 2. The normalized spacial score (nSPS) is 10.4. The second-order valence-corrected chi connectivity index (χ2v) is 7.03. The predicted octanol–water partition coefficient (Wildman–Crippen LogP) is 2.74. The second kappa shape index (κ2) is 9.74. The number of thioether (sulfide) groups is 1. The average molecular weight is 411 g/mol. The first-order valence-electron chi connectivity index (χ1n) is 8.85. The molecule has 2 N–H and O–H groups in total. The molecular weight excluding hydrogens is 390 g/mol. The number of carbonyl (C=O) groups excluding carboxylic acids is 2. The molecule has 9 heteroatoms. The van der Waals surface area contributed by atoms with Gasteiger partial charge < -0.3 is 19.9 Å². The van der Waals surface area contributed by atoms with Gasteiger partial charge >= 0.3 is 0 Å². The molecule has 8 nitrogen and oxygen atoms in total. The number of amides is 2. The topological polar surface area (TPSA) is 98.1 Å². The monoisotopic (exact) mass is 411 g/mol. The Morgan fingerprint density at radius 2 is 1.72 bits per heavy atom. The van der Waals surface area contributed by atoms with Crippen LogP contribution in [0.5, 0.6) is 5.75 Å². The SMILES string of the molecule is COc1ccccc1NC(=O)Cc1nnc(SCC(=O)Nc2ccccc2)n1C. The Morgan fingerprint density at radius 3 is 2.48 bits per heavy atom. The molecule has 0 aliphatic carbocycles. The molecule has 3 rings (SSSR count). The number of aromatic nitrogens is 3. The molecule has 0 bridgehead atoms. The van der Waals surface area contributed by atoms with Crippen LogP contribution in [0.2, 0.25) is 0 Å². The Labute approximate surface area is 172 Å². The van der Waals surface area contributed by atoms with Crippen molar-refractivity contribution in [2.75, 3.05) is 23.5 Å². The minimum Gasteiger partial charge on any atom is -0.495 e. The van der Waals surface area contributed by atoms with Gasteiger partial charge in [-0.1, -0.05) is 42.1 Å². The van der Waals surface area contributed by atoms with Crippen LogP contribution in [-0.4, -0.2) is 39.4 Å². The van der Waals surface area contributed by atoms with Crippen LogP contribution < -0.4 is 15.4 Å². The summed E-state index contributed by atoms with van der Waals surface area (Å²) in [7, 11) is 3.31. The number of hydrogen-bond acceptors (Lipinski definition) is 6. The Kier molecular flexibility index (Phi) is 6.85. The molecule has 0 atom stereocenters. The molecule has 1 heterocycles. The first-order valence-corrected chi connectivity index (χ1v) is 9.84. The Morgan fingerprint density at radius 1 is 1.00 bits per heavy atom. The number of carbonyl (C=O) groups is 2. The van der Waals surface area contributed by atoms with Gasteiger partial charge in [-0.3, -0.25) is 9.59 Å². The minimum atomic E-state index is -0.233. The quantitative estimate of drug-likeness (QED) is 0.553. The van der Waals surface area contributed by atoms with Gasteiger partial charge in [-0.25, -0.2) is 0 Å². The number of benzene rings is 2. The van der Waals surface area contributed by atoms with Crippen molar-refractivity contribution in [1.29, 1.82) is 0 Å². The van der Waals surface area contributed by atoms with Gasteiger partial charge in [-0.05, 0) is 24.3 Å². The summed E-state index contributed by atoms with van der Waals surface area (Å²) < 4.78 is 6.94. The van der Waals surface area contributed by atoms with E-state index in [1.807, 2.05) is 42.5 Å². The fourth-order valence-corrected chi connectivity index (χ4v) is 3.29. The van der Waals surface area contributed by atoms with Crippen molar-refractivity contribution in [3.63, 3.8) is 0 Å². The molecule has 0 fully saturated rings. The zero-order valence-electron chi connectivity index (χ0n) is 16.1.